The van der Waals surface area contributed by atoms with Gasteiger partial charge in [0.05, 0.1) is 29.8 Å². The number of carbonyl (C=O) groups excluding carboxylic acids is 1. The predicted octanol–water partition coefficient (Wildman–Crippen LogP) is 4.96. The van der Waals surface area contributed by atoms with Gasteiger partial charge >= 0.3 is 6.09 Å². The van der Waals surface area contributed by atoms with Crippen molar-refractivity contribution in [3.63, 3.8) is 0 Å². The fourth-order valence-electron chi connectivity index (χ4n) is 4.57. The minimum Gasteiger partial charge on any atom is -0.449 e. The number of nitrogens with one attached hydrogen (secondary N) is 2. The molecule has 9 nitrogen and oxygen atoms in total. The van der Waals surface area contributed by atoms with Crippen LogP contribution in [0.4, 0.5) is 22.1 Å². The van der Waals surface area contributed by atoms with E-state index in [1.165, 1.54) is 0 Å². The van der Waals surface area contributed by atoms with Crippen LogP contribution in [0, 0.1) is 6.92 Å². The number of aromatic nitrogens is 4. The van der Waals surface area contributed by atoms with Gasteiger partial charge in [0.1, 0.15) is 16.5 Å². The van der Waals surface area contributed by atoms with Crippen LogP contribution >= 0.6 is 11.3 Å². The first kappa shape index (κ1) is 23.1. The number of rotatable bonds is 6. The van der Waals surface area contributed by atoms with E-state index in [4.69, 9.17) is 4.74 Å². The molecule has 1 aromatic carbocycles. The number of nitrogens with zero attached hydrogens (tertiary/aromatic N) is 5. The fourth-order valence-corrected chi connectivity index (χ4v) is 5.38. The molecule has 182 valence electrons. The Morgan fingerprint density at radius 2 is 2.03 bits per heavy atom. The smallest absolute Gasteiger partial charge is 0.410 e. The highest BCUT2D eigenvalue weighted by Gasteiger charge is 2.44. The van der Waals surface area contributed by atoms with Gasteiger partial charge in [0.25, 0.3) is 0 Å². The first-order valence-electron chi connectivity index (χ1n) is 11.5. The summed E-state index contributed by atoms with van der Waals surface area (Å²) >= 11 is 1.57. The summed E-state index contributed by atoms with van der Waals surface area (Å²) in [6, 6.07) is 10.1. The van der Waals surface area contributed by atoms with Crippen molar-refractivity contribution < 1.29 is 9.53 Å². The van der Waals surface area contributed by atoms with Crippen molar-refractivity contribution in [2.45, 2.75) is 39.3 Å². The average Bonchev–Trinajstić information content (AvgIpc) is 3.50. The highest BCUT2D eigenvalue weighted by Crippen LogP contribution is 2.41. The van der Waals surface area contributed by atoms with Gasteiger partial charge in [0, 0.05) is 31.8 Å². The number of para-hydroxylation sites is 1. The third-order valence-electron chi connectivity index (χ3n) is 6.43. The summed E-state index contributed by atoms with van der Waals surface area (Å²) < 4.78 is 5.72. The molecule has 4 aromatic rings. The van der Waals surface area contributed by atoms with Crippen molar-refractivity contribution in [3.8, 4) is 0 Å². The lowest BCUT2D eigenvalue weighted by Gasteiger charge is -2.31. The first-order chi connectivity index (χ1) is 16.8. The fraction of sp³-hybridized carbons (Fsp3) is 0.360. The van der Waals surface area contributed by atoms with E-state index in [9.17, 15) is 4.79 Å². The van der Waals surface area contributed by atoms with Crippen molar-refractivity contribution in [2.75, 3.05) is 30.9 Å². The summed E-state index contributed by atoms with van der Waals surface area (Å²) in [6.07, 6.45) is 0.309. The lowest BCUT2D eigenvalue weighted by Crippen LogP contribution is -2.41. The summed E-state index contributed by atoms with van der Waals surface area (Å²) in [7, 11) is 4.02. The van der Waals surface area contributed by atoms with E-state index in [0.717, 1.165) is 32.7 Å². The topological polar surface area (TPSA) is 99.3 Å². The van der Waals surface area contributed by atoms with Crippen molar-refractivity contribution in [2.24, 2.45) is 0 Å². The number of benzene rings is 1. The van der Waals surface area contributed by atoms with Gasteiger partial charge in [-0.05, 0) is 43.8 Å². The van der Waals surface area contributed by atoms with E-state index >= 15 is 0 Å². The monoisotopic (exact) mass is 491 g/mol. The molecule has 0 saturated heterocycles. The molecular weight excluding hydrogens is 462 g/mol. The summed E-state index contributed by atoms with van der Waals surface area (Å²) in [5.74, 6) is 2.06. The third-order valence-corrected chi connectivity index (χ3v) is 7.24. The van der Waals surface area contributed by atoms with Gasteiger partial charge in [-0.15, -0.1) is 11.3 Å². The number of carbonyl (C=O) groups is 1. The number of ether oxygens (including phenoxy) is 1. The molecule has 2 N–H and O–H groups in total. The second-order valence-corrected chi connectivity index (χ2v) is 10.2. The molecule has 0 unspecified atom stereocenters. The Hall–Kier alpha value is -3.66. The quantitative estimate of drug-likeness (QED) is 0.393. The van der Waals surface area contributed by atoms with E-state index in [0.29, 0.717) is 37.0 Å². The maximum absolute atomic E-state index is 13.1. The SMILES string of the molecule is Cc1nc(Nc2n[nH]c3c2CN(C(=O)OCCc2ccccc2N(C)C)C3(C)C)c2ccsc2n1. The van der Waals surface area contributed by atoms with Crippen LogP contribution in [0.2, 0.25) is 0 Å². The number of aromatic amines is 1. The lowest BCUT2D eigenvalue weighted by atomic mass is 10.0. The summed E-state index contributed by atoms with van der Waals surface area (Å²) in [6.45, 7) is 6.57. The molecule has 0 fully saturated rings. The maximum atomic E-state index is 13.1. The van der Waals surface area contributed by atoms with Gasteiger partial charge in [0.15, 0.2) is 5.82 Å². The summed E-state index contributed by atoms with van der Waals surface area (Å²) in [5, 5.41) is 13.9. The summed E-state index contributed by atoms with van der Waals surface area (Å²) in [4.78, 5) is 26.9. The number of thiophene rings is 1. The third kappa shape index (κ3) is 4.18. The predicted molar refractivity (Wildman–Crippen MR) is 138 cm³/mol. The number of fused-ring (bicyclic) bond motifs is 2. The molecule has 0 saturated carbocycles. The zero-order valence-electron chi connectivity index (χ0n) is 20.5. The Balaban J connectivity index is 1.30. The standard InChI is InChI=1S/C25H29N7O2S/c1-15-26-21(17-11-13-35-23(17)27-15)28-22-18-14-32(25(2,3)20(18)29-30-22)24(33)34-12-10-16-8-6-7-9-19(16)31(4)5/h6-9,11,13H,10,12,14H2,1-5H3,(H2,26,27,28,29,30). The molecule has 3 aromatic heterocycles. The minimum atomic E-state index is -0.583. The van der Waals surface area contributed by atoms with Crippen LogP contribution in [-0.4, -0.2) is 51.9 Å². The Kier molecular flexibility index (Phi) is 5.84. The van der Waals surface area contributed by atoms with Crippen molar-refractivity contribution in [1.29, 1.82) is 0 Å². The first-order valence-corrected chi connectivity index (χ1v) is 12.4. The van der Waals surface area contributed by atoms with Gasteiger partial charge < -0.3 is 15.0 Å². The zero-order valence-corrected chi connectivity index (χ0v) is 21.4. The van der Waals surface area contributed by atoms with Gasteiger partial charge in [-0.25, -0.2) is 14.8 Å². The lowest BCUT2D eigenvalue weighted by molar-refractivity contribution is 0.0661. The van der Waals surface area contributed by atoms with Crippen LogP contribution in [0.5, 0.6) is 0 Å². The Morgan fingerprint density at radius 3 is 2.83 bits per heavy atom. The van der Waals surface area contributed by atoms with Gasteiger partial charge in [-0.2, -0.15) is 5.10 Å². The molecule has 0 atom stereocenters. The molecule has 0 spiro atoms. The van der Waals surface area contributed by atoms with E-state index in [-0.39, 0.29) is 6.09 Å². The highest BCUT2D eigenvalue weighted by atomic mass is 32.1. The van der Waals surface area contributed by atoms with Crippen LogP contribution in [-0.2, 0) is 23.2 Å². The van der Waals surface area contributed by atoms with E-state index < -0.39 is 5.54 Å². The number of aryl methyl sites for hydroxylation is 1. The van der Waals surface area contributed by atoms with Crippen LogP contribution < -0.4 is 10.2 Å². The van der Waals surface area contributed by atoms with E-state index in [1.807, 2.05) is 58.4 Å². The molecule has 4 heterocycles. The number of anilines is 3. The van der Waals surface area contributed by atoms with Gasteiger partial charge in [-0.1, -0.05) is 18.2 Å². The van der Waals surface area contributed by atoms with Crippen LogP contribution in [0.1, 0.15) is 36.5 Å². The highest BCUT2D eigenvalue weighted by molar-refractivity contribution is 7.16. The minimum absolute atomic E-state index is 0.309. The molecule has 1 aliphatic heterocycles. The van der Waals surface area contributed by atoms with Crippen molar-refractivity contribution in [1.82, 2.24) is 25.1 Å². The second-order valence-electron chi connectivity index (χ2n) is 9.34. The molecule has 0 radical (unpaired) electrons. The normalized spacial score (nSPS) is 14.3. The number of hydrogen-bond donors (Lipinski definition) is 2. The molecule has 0 aliphatic carbocycles. The Labute approximate surface area is 208 Å². The number of amides is 1. The average molecular weight is 492 g/mol. The molecule has 35 heavy (non-hydrogen) atoms. The second kappa shape index (κ2) is 8.84. The van der Waals surface area contributed by atoms with Crippen molar-refractivity contribution >= 4 is 45.0 Å². The summed E-state index contributed by atoms with van der Waals surface area (Å²) in [5.41, 5.74) is 3.51. The molecule has 1 aliphatic rings. The molecule has 1 amide bonds. The van der Waals surface area contributed by atoms with Crippen LogP contribution in [0.3, 0.4) is 0 Å². The van der Waals surface area contributed by atoms with Crippen LogP contribution in [0.15, 0.2) is 35.7 Å². The maximum Gasteiger partial charge on any atom is 0.410 e. The number of H-pyrrole nitrogens is 1. The zero-order chi connectivity index (χ0) is 24.7. The van der Waals surface area contributed by atoms with Gasteiger partial charge in [-0.3, -0.25) is 10.00 Å². The van der Waals surface area contributed by atoms with Crippen LogP contribution in [0.25, 0.3) is 10.2 Å². The molecule has 5 rings (SSSR count). The van der Waals surface area contributed by atoms with Gasteiger partial charge in [0.2, 0.25) is 0 Å². The molecule has 10 heteroatoms. The molecular formula is C25H29N7O2S. The largest absolute Gasteiger partial charge is 0.449 e. The van der Waals surface area contributed by atoms with E-state index in [1.54, 1.807) is 16.2 Å². The number of hydrogen-bond acceptors (Lipinski definition) is 8. The Bertz CT molecular complexity index is 1390. The molecule has 0 bridgehead atoms. The van der Waals surface area contributed by atoms with Crippen molar-refractivity contribution in [3.05, 3.63) is 58.4 Å². The van der Waals surface area contributed by atoms with E-state index in [2.05, 4.69) is 42.5 Å². The Morgan fingerprint density at radius 1 is 1.23 bits per heavy atom.